The molecule has 154 valence electrons. The Hall–Kier alpha value is -3.64. The fourth-order valence-corrected chi connectivity index (χ4v) is 4.30. The maximum absolute atomic E-state index is 6.06. The molecule has 0 saturated carbocycles. The van der Waals surface area contributed by atoms with Gasteiger partial charge in [-0.15, -0.1) is 0 Å². The van der Waals surface area contributed by atoms with E-state index in [4.69, 9.17) is 17.0 Å². The molecule has 31 heavy (non-hydrogen) atoms. The highest BCUT2D eigenvalue weighted by molar-refractivity contribution is 7.80. The highest BCUT2D eigenvalue weighted by Gasteiger charge is 2.41. The zero-order valence-electron chi connectivity index (χ0n) is 17.0. The fraction of sp³-hybridized carbons (Fsp3) is 0.120. The highest BCUT2D eigenvalue weighted by Crippen LogP contribution is 2.41. The lowest BCUT2D eigenvalue weighted by atomic mass is 10.0. The Bertz CT molecular complexity index is 1180. The lowest BCUT2D eigenvalue weighted by molar-refractivity contribution is 0.479. The van der Waals surface area contributed by atoms with Crippen LogP contribution in [0.4, 0.5) is 5.69 Å². The number of nitrogens with zero attached hydrogens (tertiary/aromatic N) is 2. The van der Waals surface area contributed by atoms with Gasteiger partial charge in [-0.3, -0.25) is 4.98 Å². The molecule has 3 heterocycles. The monoisotopic (exact) mass is 426 g/mol. The van der Waals surface area contributed by atoms with Gasteiger partial charge < -0.3 is 19.9 Å². The Kier molecular flexibility index (Phi) is 5.14. The van der Waals surface area contributed by atoms with Crippen LogP contribution in [-0.2, 0) is 0 Å². The van der Waals surface area contributed by atoms with Crippen molar-refractivity contribution in [3.8, 4) is 11.5 Å². The summed E-state index contributed by atoms with van der Waals surface area (Å²) in [5, 5.41) is 4.13. The topological polar surface area (TPSA) is 53.2 Å². The minimum Gasteiger partial charge on any atom is -0.457 e. The molecule has 1 fully saturated rings. The Morgan fingerprint density at radius 3 is 2.45 bits per heavy atom. The third kappa shape index (κ3) is 3.78. The van der Waals surface area contributed by atoms with Crippen LogP contribution in [0.1, 0.15) is 29.0 Å². The van der Waals surface area contributed by atoms with Crippen LogP contribution in [-0.4, -0.2) is 15.1 Å². The van der Waals surface area contributed by atoms with E-state index in [1.807, 2.05) is 92.1 Å². The minimum atomic E-state index is -0.0600. The number of para-hydroxylation sites is 1. The van der Waals surface area contributed by atoms with Crippen molar-refractivity contribution in [3.63, 3.8) is 0 Å². The number of pyridine rings is 1. The van der Waals surface area contributed by atoms with Crippen molar-refractivity contribution in [2.75, 3.05) is 4.90 Å². The zero-order chi connectivity index (χ0) is 21.2. The molecule has 1 aliphatic rings. The molecule has 1 aliphatic heterocycles. The second-order valence-corrected chi connectivity index (χ2v) is 7.87. The first kappa shape index (κ1) is 19.3. The molecule has 0 amide bonds. The van der Waals surface area contributed by atoms with Gasteiger partial charge in [0.25, 0.3) is 0 Å². The van der Waals surface area contributed by atoms with Crippen LogP contribution in [0.2, 0.25) is 0 Å². The molecule has 2 N–H and O–H groups in total. The predicted molar refractivity (Wildman–Crippen MR) is 126 cm³/mol. The van der Waals surface area contributed by atoms with Gasteiger partial charge in [-0.25, -0.2) is 0 Å². The van der Waals surface area contributed by atoms with E-state index in [2.05, 4.69) is 26.3 Å². The van der Waals surface area contributed by atoms with Crippen molar-refractivity contribution in [2.45, 2.75) is 19.0 Å². The Morgan fingerprint density at radius 1 is 0.935 bits per heavy atom. The molecule has 2 aromatic carbocycles. The van der Waals surface area contributed by atoms with Crippen LogP contribution < -0.4 is 15.0 Å². The number of anilines is 1. The van der Waals surface area contributed by atoms with Crippen LogP contribution in [0.15, 0.2) is 91.3 Å². The smallest absolute Gasteiger partial charge is 0.174 e. The van der Waals surface area contributed by atoms with E-state index in [0.717, 1.165) is 34.1 Å². The van der Waals surface area contributed by atoms with E-state index >= 15 is 0 Å². The summed E-state index contributed by atoms with van der Waals surface area (Å²) in [5.41, 5.74) is 4.11. The number of rotatable bonds is 5. The van der Waals surface area contributed by atoms with Crippen LogP contribution in [0.25, 0.3) is 0 Å². The third-order valence-electron chi connectivity index (χ3n) is 5.48. The summed E-state index contributed by atoms with van der Waals surface area (Å²) in [7, 11) is 0. The van der Waals surface area contributed by atoms with Gasteiger partial charge >= 0.3 is 0 Å². The average Bonchev–Trinajstić information content (AvgIpc) is 3.44. The van der Waals surface area contributed by atoms with Gasteiger partial charge in [-0.2, -0.15) is 0 Å². The number of benzene rings is 2. The molecule has 1 saturated heterocycles. The van der Waals surface area contributed by atoms with E-state index in [9.17, 15) is 0 Å². The number of aromatic amines is 1. The normalized spacial score (nSPS) is 18.1. The van der Waals surface area contributed by atoms with Gasteiger partial charge in [0.15, 0.2) is 5.11 Å². The van der Waals surface area contributed by atoms with E-state index in [1.54, 1.807) is 0 Å². The number of hydrogen-bond acceptors (Lipinski definition) is 3. The Morgan fingerprint density at radius 2 is 1.74 bits per heavy atom. The van der Waals surface area contributed by atoms with Crippen molar-refractivity contribution >= 4 is 23.0 Å². The van der Waals surface area contributed by atoms with Crippen LogP contribution in [0, 0.1) is 6.92 Å². The Labute approximate surface area is 186 Å². The van der Waals surface area contributed by atoms with Crippen LogP contribution in [0.5, 0.6) is 11.5 Å². The van der Waals surface area contributed by atoms with Gasteiger partial charge in [0.1, 0.15) is 17.5 Å². The molecule has 0 spiro atoms. The maximum Gasteiger partial charge on any atom is 0.174 e. The molecule has 2 aromatic heterocycles. The first-order chi connectivity index (χ1) is 15.2. The van der Waals surface area contributed by atoms with Crippen LogP contribution >= 0.6 is 12.2 Å². The number of H-pyrrole nitrogens is 1. The largest absolute Gasteiger partial charge is 0.457 e. The number of hydrogen-bond donors (Lipinski definition) is 2. The predicted octanol–water partition coefficient (Wildman–Crippen LogP) is 5.69. The Balaban J connectivity index is 1.46. The third-order valence-corrected chi connectivity index (χ3v) is 5.79. The molecule has 6 heteroatoms. The van der Waals surface area contributed by atoms with Crippen molar-refractivity contribution in [1.29, 1.82) is 0 Å². The number of nitrogens with one attached hydrogen (secondary N) is 2. The second-order valence-electron chi connectivity index (χ2n) is 7.48. The van der Waals surface area contributed by atoms with Crippen molar-refractivity contribution in [2.24, 2.45) is 0 Å². The molecule has 5 nitrogen and oxygen atoms in total. The number of aromatic nitrogens is 2. The molecular formula is C25H22N4OS. The summed E-state index contributed by atoms with van der Waals surface area (Å²) >= 11 is 5.75. The fourth-order valence-electron chi connectivity index (χ4n) is 3.95. The van der Waals surface area contributed by atoms with Crippen molar-refractivity contribution < 1.29 is 4.74 Å². The first-order valence-electron chi connectivity index (χ1n) is 10.2. The summed E-state index contributed by atoms with van der Waals surface area (Å²) in [5.74, 6) is 1.64. The lowest BCUT2D eigenvalue weighted by Gasteiger charge is -2.27. The molecule has 0 aliphatic carbocycles. The molecule has 2 atom stereocenters. The summed E-state index contributed by atoms with van der Waals surface area (Å²) < 4.78 is 6.06. The first-order valence-corrected chi connectivity index (χ1v) is 10.6. The van der Waals surface area contributed by atoms with Gasteiger partial charge in [-0.05, 0) is 79.3 Å². The quantitative estimate of drug-likeness (QED) is 0.402. The molecule has 0 bridgehead atoms. The van der Waals surface area contributed by atoms with Gasteiger partial charge in [0.05, 0.1) is 11.7 Å². The molecule has 4 aromatic rings. The summed E-state index contributed by atoms with van der Waals surface area (Å²) in [6.07, 6.45) is 3.75. The lowest BCUT2D eigenvalue weighted by Crippen LogP contribution is -2.29. The van der Waals surface area contributed by atoms with E-state index in [0.29, 0.717) is 5.11 Å². The zero-order valence-corrected chi connectivity index (χ0v) is 17.8. The van der Waals surface area contributed by atoms with Gasteiger partial charge in [-0.1, -0.05) is 24.3 Å². The standard InChI is InChI=1S/C25H22N4OS/c1-17-7-2-3-10-22(17)30-19-13-11-18(12-14-19)29-24(21-9-6-16-27-21)23(28-25(29)31)20-8-4-5-15-26-20/h2-16,23-24,27H,1H3,(H,28,31)/t23-,24-/m0/s1. The molecule has 0 unspecified atom stereocenters. The van der Waals surface area contributed by atoms with Gasteiger partial charge in [0.2, 0.25) is 0 Å². The van der Waals surface area contributed by atoms with E-state index < -0.39 is 0 Å². The average molecular weight is 427 g/mol. The number of aryl methyl sites for hydroxylation is 1. The summed E-state index contributed by atoms with van der Waals surface area (Å²) in [6.45, 7) is 2.04. The highest BCUT2D eigenvalue weighted by atomic mass is 32.1. The SMILES string of the molecule is Cc1ccccc1Oc1ccc(N2C(=S)N[C@@H](c3ccccn3)[C@@H]2c2ccc[nH]2)cc1. The molecule has 0 radical (unpaired) electrons. The maximum atomic E-state index is 6.06. The molecule has 5 rings (SSSR count). The summed E-state index contributed by atoms with van der Waals surface area (Å²) in [4.78, 5) is 10.1. The number of ether oxygens (including phenoxy) is 1. The van der Waals surface area contributed by atoms with E-state index in [1.165, 1.54) is 0 Å². The molecular weight excluding hydrogens is 404 g/mol. The van der Waals surface area contributed by atoms with Crippen LogP contribution in [0.3, 0.4) is 0 Å². The minimum absolute atomic E-state index is 0.0412. The van der Waals surface area contributed by atoms with E-state index in [-0.39, 0.29) is 12.1 Å². The van der Waals surface area contributed by atoms with Crippen molar-refractivity contribution in [3.05, 3.63) is 108 Å². The summed E-state index contributed by atoms with van der Waals surface area (Å²) in [6, 6.07) is 26.0. The second kappa shape index (κ2) is 8.24. The van der Waals surface area contributed by atoms with Gasteiger partial charge in [0, 0.05) is 23.8 Å². The van der Waals surface area contributed by atoms with Crippen molar-refractivity contribution in [1.82, 2.24) is 15.3 Å². The number of thiocarbonyl (C=S) groups is 1.